The maximum Gasteiger partial charge on any atom is 0.0697 e. The summed E-state index contributed by atoms with van der Waals surface area (Å²) in [6.07, 6.45) is 0.219. The first-order valence-corrected chi connectivity index (χ1v) is 3.07. The number of alkyl halides is 1. The molecular formula is C5H11ClO2. The zero-order chi connectivity index (χ0) is 6.41. The van der Waals surface area contributed by atoms with Gasteiger partial charge in [-0.1, -0.05) is 0 Å². The molecule has 0 aliphatic rings. The molecule has 0 saturated carbocycles. The van der Waals surface area contributed by atoms with Crippen LogP contribution in [0.4, 0.5) is 0 Å². The Morgan fingerprint density at radius 2 is 2.38 bits per heavy atom. The van der Waals surface area contributed by atoms with Crippen LogP contribution in [0.5, 0.6) is 0 Å². The Labute approximate surface area is 54.4 Å². The van der Waals surface area contributed by atoms with Crippen LogP contribution in [0.15, 0.2) is 0 Å². The molecule has 0 aromatic heterocycles. The third-order valence-electron chi connectivity index (χ3n) is 0.833. The van der Waals surface area contributed by atoms with E-state index in [4.69, 9.17) is 21.4 Å². The van der Waals surface area contributed by atoms with Crippen molar-refractivity contribution in [3.05, 3.63) is 0 Å². The highest BCUT2D eigenvalue weighted by molar-refractivity contribution is 6.18. The Bertz CT molecular complexity index is 49.7. The van der Waals surface area contributed by atoms with Crippen molar-refractivity contribution >= 4 is 11.6 Å². The van der Waals surface area contributed by atoms with Gasteiger partial charge in [0.05, 0.1) is 6.10 Å². The van der Waals surface area contributed by atoms with Crippen LogP contribution >= 0.6 is 11.6 Å². The summed E-state index contributed by atoms with van der Waals surface area (Å²) in [6.45, 7) is 0.577. The lowest BCUT2D eigenvalue weighted by atomic mass is 10.3. The van der Waals surface area contributed by atoms with E-state index in [0.29, 0.717) is 18.9 Å². The minimum atomic E-state index is -0.406. The Hall–Kier alpha value is 0.210. The molecule has 0 amide bonds. The number of ether oxygens (including phenoxy) is 1. The second-order valence-electron chi connectivity index (χ2n) is 1.59. The van der Waals surface area contributed by atoms with Gasteiger partial charge in [-0.15, -0.1) is 11.6 Å². The summed E-state index contributed by atoms with van der Waals surface area (Å²) in [7, 11) is 1.60. The smallest absolute Gasteiger partial charge is 0.0697 e. The second-order valence-corrected chi connectivity index (χ2v) is 1.90. The molecule has 0 radical (unpaired) electrons. The minimum absolute atomic E-state index is 0.295. The molecule has 0 aliphatic heterocycles. The largest absolute Gasteiger partial charge is 0.392 e. The molecule has 0 aromatic carbocycles. The first-order valence-electron chi connectivity index (χ1n) is 2.54. The molecule has 50 valence electrons. The molecule has 0 bridgehead atoms. The van der Waals surface area contributed by atoms with Crippen molar-refractivity contribution in [3.63, 3.8) is 0 Å². The molecule has 0 saturated heterocycles. The summed E-state index contributed by atoms with van der Waals surface area (Å²) < 4.78 is 4.70. The number of aliphatic hydroxyl groups excluding tert-OH is 1. The molecule has 1 N–H and O–H groups in total. The van der Waals surface area contributed by atoms with E-state index in [-0.39, 0.29) is 0 Å². The van der Waals surface area contributed by atoms with E-state index >= 15 is 0 Å². The van der Waals surface area contributed by atoms with Crippen LogP contribution in [0.2, 0.25) is 0 Å². The maximum atomic E-state index is 8.78. The molecule has 0 aromatic rings. The van der Waals surface area contributed by atoms with Crippen molar-refractivity contribution < 1.29 is 9.84 Å². The normalized spacial score (nSPS) is 13.9. The summed E-state index contributed by atoms with van der Waals surface area (Å²) in [5.41, 5.74) is 0. The van der Waals surface area contributed by atoms with E-state index in [1.165, 1.54) is 0 Å². The van der Waals surface area contributed by atoms with E-state index in [1.807, 2.05) is 0 Å². The summed E-state index contributed by atoms with van der Waals surface area (Å²) >= 11 is 5.28. The average Bonchev–Trinajstić information content (AvgIpc) is 1.83. The van der Waals surface area contributed by atoms with Crippen LogP contribution in [0.1, 0.15) is 6.42 Å². The van der Waals surface area contributed by atoms with Crippen molar-refractivity contribution in [3.8, 4) is 0 Å². The SMILES string of the molecule is COCCC(O)CCl. The fourth-order valence-electron chi connectivity index (χ4n) is 0.331. The number of hydrogen-bond donors (Lipinski definition) is 1. The zero-order valence-electron chi connectivity index (χ0n) is 4.93. The number of methoxy groups -OCH3 is 1. The average molecular weight is 139 g/mol. The first kappa shape index (κ1) is 8.21. The molecular weight excluding hydrogens is 128 g/mol. The van der Waals surface area contributed by atoms with E-state index in [2.05, 4.69) is 0 Å². The van der Waals surface area contributed by atoms with Gasteiger partial charge in [0.2, 0.25) is 0 Å². The van der Waals surface area contributed by atoms with Gasteiger partial charge in [0.15, 0.2) is 0 Å². The summed E-state index contributed by atoms with van der Waals surface area (Å²) in [5.74, 6) is 0.295. The van der Waals surface area contributed by atoms with Gasteiger partial charge < -0.3 is 9.84 Å². The van der Waals surface area contributed by atoms with Crippen LogP contribution in [0, 0.1) is 0 Å². The Morgan fingerprint density at radius 1 is 1.75 bits per heavy atom. The van der Waals surface area contributed by atoms with Crippen LogP contribution < -0.4 is 0 Å². The molecule has 0 aliphatic carbocycles. The predicted molar refractivity (Wildman–Crippen MR) is 33.2 cm³/mol. The third kappa shape index (κ3) is 4.37. The maximum absolute atomic E-state index is 8.78. The highest BCUT2D eigenvalue weighted by atomic mass is 35.5. The lowest BCUT2D eigenvalue weighted by Crippen LogP contribution is -2.10. The van der Waals surface area contributed by atoms with Gasteiger partial charge >= 0.3 is 0 Å². The van der Waals surface area contributed by atoms with Gasteiger partial charge in [0.1, 0.15) is 0 Å². The molecule has 0 spiro atoms. The van der Waals surface area contributed by atoms with E-state index in [1.54, 1.807) is 7.11 Å². The fourth-order valence-corrected chi connectivity index (χ4v) is 0.485. The summed E-state index contributed by atoms with van der Waals surface area (Å²) in [6, 6.07) is 0. The number of halogens is 1. The zero-order valence-corrected chi connectivity index (χ0v) is 5.69. The molecule has 2 nitrogen and oxygen atoms in total. The Morgan fingerprint density at radius 3 is 2.75 bits per heavy atom. The number of rotatable bonds is 4. The standard InChI is InChI=1S/C5H11ClO2/c1-8-3-2-5(7)4-6/h5,7H,2-4H2,1H3. The predicted octanol–water partition coefficient (Wildman–Crippen LogP) is 0.623. The minimum Gasteiger partial charge on any atom is -0.392 e. The van der Waals surface area contributed by atoms with Crippen LogP contribution in [0.3, 0.4) is 0 Å². The highest BCUT2D eigenvalue weighted by Crippen LogP contribution is 1.93. The van der Waals surface area contributed by atoms with Crippen LogP contribution in [0.25, 0.3) is 0 Å². The summed E-state index contributed by atoms with van der Waals surface area (Å²) in [4.78, 5) is 0. The van der Waals surface area contributed by atoms with Gasteiger partial charge in [-0.05, 0) is 6.42 Å². The molecule has 0 rings (SSSR count). The Balaban J connectivity index is 2.86. The van der Waals surface area contributed by atoms with Gasteiger partial charge in [-0.3, -0.25) is 0 Å². The van der Waals surface area contributed by atoms with Gasteiger partial charge in [-0.2, -0.15) is 0 Å². The quantitative estimate of drug-likeness (QED) is 0.578. The molecule has 0 fully saturated rings. The molecule has 0 heterocycles. The molecule has 1 unspecified atom stereocenters. The number of aliphatic hydroxyl groups is 1. The van der Waals surface area contributed by atoms with Crippen molar-refractivity contribution in [1.82, 2.24) is 0 Å². The van der Waals surface area contributed by atoms with Crippen molar-refractivity contribution in [1.29, 1.82) is 0 Å². The monoisotopic (exact) mass is 138 g/mol. The van der Waals surface area contributed by atoms with Crippen LogP contribution in [-0.2, 0) is 4.74 Å². The fraction of sp³-hybridized carbons (Fsp3) is 1.00. The van der Waals surface area contributed by atoms with Crippen molar-refractivity contribution in [2.75, 3.05) is 19.6 Å². The third-order valence-corrected chi connectivity index (χ3v) is 1.19. The molecule has 3 heteroatoms. The van der Waals surface area contributed by atoms with Crippen molar-refractivity contribution in [2.45, 2.75) is 12.5 Å². The molecule has 8 heavy (non-hydrogen) atoms. The molecule has 1 atom stereocenters. The summed E-state index contributed by atoms with van der Waals surface area (Å²) in [5, 5.41) is 8.78. The lowest BCUT2D eigenvalue weighted by Gasteiger charge is -2.02. The van der Waals surface area contributed by atoms with Gasteiger partial charge in [0, 0.05) is 19.6 Å². The first-order chi connectivity index (χ1) is 3.81. The highest BCUT2D eigenvalue weighted by Gasteiger charge is 1.98. The topological polar surface area (TPSA) is 29.5 Å². The van der Waals surface area contributed by atoms with Crippen LogP contribution in [-0.4, -0.2) is 30.8 Å². The van der Waals surface area contributed by atoms with E-state index in [9.17, 15) is 0 Å². The van der Waals surface area contributed by atoms with E-state index in [0.717, 1.165) is 0 Å². The van der Waals surface area contributed by atoms with E-state index < -0.39 is 6.10 Å². The van der Waals surface area contributed by atoms with Gasteiger partial charge in [0.25, 0.3) is 0 Å². The number of hydrogen-bond acceptors (Lipinski definition) is 2. The Kier molecular flexibility index (Phi) is 5.49. The van der Waals surface area contributed by atoms with Gasteiger partial charge in [-0.25, -0.2) is 0 Å². The van der Waals surface area contributed by atoms with Crippen molar-refractivity contribution in [2.24, 2.45) is 0 Å². The lowest BCUT2D eigenvalue weighted by molar-refractivity contribution is 0.123. The second kappa shape index (κ2) is 5.35.